The van der Waals surface area contributed by atoms with Crippen LogP contribution in [0.3, 0.4) is 0 Å². The summed E-state index contributed by atoms with van der Waals surface area (Å²) < 4.78 is 0. The van der Waals surface area contributed by atoms with Gasteiger partial charge in [0.25, 0.3) is 0 Å². The van der Waals surface area contributed by atoms with E-state index < -0.39 is 0 Å². The van der Waals surface area contributed by atoms with Crippen LogP contribution < -0.4 is 5.32 Å². The lowest BCUT2D eigenvalue weighted by molar-refractivity contribution is -0.122. The van der Waals surface area contributed by atoms with Gasteiger partial charge in [-0.2, -0.15) is 0 Å². The summed E-state index contributed by atoms with van der Waals surface area (Å²) in [4.78, 5) is 25.5. The molecule has 0 aliphatic carbocycles. The van der Waals surface area contributed by atoms with E-state index in [0.29, 0.717) is 6.54 Å². The molecule has 1 N–H and O–H groups in total. The standard InChI is InChI=1S/C20H20N4O/c1-2-17(15-7-4-3-5-8-15)20(25)24-14-18-19(23-12-11-22-18)16-9-6-10-21-13-16/h3-13,17H,2,14H2,1H3,(H,24,25). The van der Waals surface area contributed by atoms with Crippen LogP contribution in [-0.4, -0.2) is 20.9 Å². The molecule has 25 heavy (non-hydrogen) atoms. The average molecular weight is 332 g/mol. The summed E-state index contributed by atoms with van der Waals surface area (Å²) in [5.74, 6) is -0.170. The van der Waals surface area contributed by atoms with E-state index in [0.717, 1.165) is 28.9 Å². The number of amides is 1. The van der Waals surface area contributed by atoms with E-state index in [1.165, 1.54) is 0 Å². The zero-order valence-electron chi connectivity index (χ0n) is 14.1. The van der Waals surface area contributed by atoms with Crippen LogP contribution in [0, 0.1) is 0 Å². The van der Waals surface area contributed by atoms with Crippen molar-refractivity contribution in [2.75, 3.05) is 0 Å². The topological polar surface area (TPSA) is 67.8 Å². The van der Waals surface area contributed by atoms with Crippen molar-refractivity contribution < 1.29 is 4.79 Å². The summed E-state index contributed by atoms with van der Waals surface area (Å²) in [6, 6.07) is 13.6. The van der Waals surface area contributed by atoms with Crippen LogP contribution in [0.5, 0.6) is 0 Å². The maximum atomic E-state index is 12.6. The van der Waals surface area contributed by atoms with E-state index in [1.807, 2.05) is 49.4 Å². The first kappa shape index (κ1) is 16.8. The first-order valence-electron chi connectivity index (χ1n) is 8.32. The van der Waals surface area contributed by atoms with Gasteiger partial charge < -0.3 is 5.32 Å². The van der Waals surface area contributed by atoms with Gasteiger partial charge in [-0.1, -0.05) is 37.3 Å². The van der Waals surface area contributed by atoms with E-state index in [9.17, 15) is 4.79 Å². The molecule has 126 valence electrons. The maximum absolute atomic E-state index is 12.6. The first-order chi connectivity index (χ1) is 12.3. The number of carbonyl (C=O) groups excluding carboxylic acids is 1. The molecule has 5 nitrogen and oxygen atoms in total. The van der Waals surface area contributed by atoms with Crippen LogP contribution in [0.25, 0.3) is 11.3 Å². The Morgan fingerprint density at radius 3 is 2.56 bits per heavy atom. The molecular weight excluding hydrogens is 312 g/mol. The van der Waals surface area contributed by atoms with Crippen LogP contribution in [-0.2, 0) is 11.3 Å². The molecule has 1 atom stereocenters. The van der Waals surface area contributed by atoms with Crippen molar-refractivity contribution in [3.63, 3.8) is 0 Å². The normalized spacial score (nSPS) is 11.7. The number of rotatable bonds is 6. The molecule has 0 fully saturated rings. The Labute approximate surface area is 147 Å². The van der Waals surface area contributed by atoms with E-state index in [1.54, 1.807) is 24.8 Å². The number of nitrogens with one attached hydrogen (secondary N) is 1. The van der Waals surface area contributed by atoms with Gasteiger partial charge in [-0.3, -0.25) is 19.7 Å². The van der Waals surface area contributed by atoms with Gasteiger partial charge in [0.15, 0.2) is 0 Å². The van der Waals surface area contributed by atoms with Crippen LogP contribution in [0.1, 0.15) is 30.5 Å². The van der Waals surface area contributed by atoms with Crippen molar-refractivity contribution in [3.05, 3.63) is 78.5 Å². The molecule has 2 aromatic heterocycles. The van der Waals surface area contributed by atoms with Gasteiger partial charge in [0.05, 0.1) is 23.9 Å². The maximum Gasteiger partial charge on any atom is 0.227 e. The number of hydrogen-bond donors (Lipinski definition) is 1. The number of nitrogens with zero attached hydrogens (tertiary/aromatic N) is 3. The Morgan fingerprint density at radius 1 is 1.04 bits per heavy atom. The lowest BCUT2D eigenvalue weighted by Gasteiger charge is -2.16. The summed E-state index contributed by atoms with van der Waals surface area (Å²) in [5.41, 5.74) is 3.37. The predicted molar refractivity (Wildman–Crippen MR) is 96.6 cm³/mol. The van der Waals surface area contributed by atoms with Crippen molar-refractivity contribution in [1.82, 2.24) is 20.3 Å². The molecule has 0 radical (unpaired) electrons. The molecule has 2 heterocycles. The number of benzene rings is 1. The highest BCUT2D eigenvalue weighted by Crippen LogP contribution is 2.21. The van der Waals surface area contributed by atoms with Gasteiger partial charge >= 0.3 is 0 Å². The van der Waals surface area contributed by atoms with Crippen molar-refractivity contribution in [2.24, 2.45) is 0 Å². The SMILES string of the molecule is CCC(C(=O)NCc1nccnc1-c1cccnc1)c1ccccc1. The van der Waals surface area contributed by atoms with E-state index in [4.69, 9.17) is 0 Å². The molecule has 3 aromatic rings. The van der Waals surface area contributed by atoms with E-state index in [2.05, 4.69) is 20.3 Å². The fourth-order valence-electron chi connectivity index (χ4n) is 2.79. The van der Waals surface area contributed by atoms with Gasteiger partial charge in [-0.25, -0.2) is 0 Å². The second-order valence-electron chi connectivity index (χ2n) is 5.68. The Hall–Kier alpha value is -3.08. The summed E-state index contributed by atoms with van der Waals surface area (Å²) in [6.45, 7) is 2.35. The summed E-state index contributed by atoms with van der Waals surface area (Å²) in [6.07, 6.45) is 7.48. The second kappa shape index (κ2) is 8.15. The molecule has 0 saturated heterocycles. The fourth-order valence-corrected chi connectivity index (χ4v) is 2.79. The fraction of sp³-hybridized carbons (Fsp3) is 0.200. The van der Waals surface area contributed by atoms with Gasteiger partial charge in [0.2, 0.25) is 5.91 Å². The third kappa shape index (κ3) is 4.07. The molecule has 0 saturated carbocycles. The second-order valence-corrected chi connectivity index (χ2v) is 5.68. The van der Waals surface area contributed by atoms with E-state index in [-0.39, 0.29) is 11.8 Å². The Bertz CT molecular complexity index is 821. The monoisotopic (exact) mass is 332 g/mol. The molecule has 0 aliphatic heterocycles. The van der Waals surface area contributed by atoms with Crippen molar-refractivity contribution in [2.45, 2.75) is 25.8 Å². The van der Waals surface area contributed by atoms with E-state index >= 15 is 0 Å². The van der Waals surface area contributed by atoms with Crippen LogP contribution in [0.4, 0.5) is 0 Å². The zero-order chi connectivity index (χ0) is 17.5. The highest BCUT2D eigenvalue weighted by atomic mass is 16.1. The minimum atomic E-state index is -0.167. The zero-order valence-corrected chi connectivity index (χ0v) is 14.1. The average Bonchev–Trinajstić information content (AvgIpc) is 2.69. The lowest BCUT2D eigenvalue weighted by atomic mass is 9.95. The van der Waals surface area contributed by atoms with Gasteiger partial charge in [0, 0.05) is 30.4 Å². The van der Waals surface area contributed by atoms with Gasteiger partial charge in [0.1, 0.15) is 0 Å². The Balaban J connectivity index is 1.75. The van der Waals surface area contributed by atoms with Crippen LogP contribution in [0.2, 0.25) is 0 Å². The highest BCUT2D eigenvalue weighted by Gasteiger charge is 2.19. The predicted octanol–water partition coefficient (Wildman–Crippen LogP) is 3.35. The van der Waals surface area contributed by atoms with Crippen LogP contribution in [0.15, 0.2) is 67.3 Å². The molecule has 3 rings (SSSR count). The molecule has 0 bridgehead atoms. The largest absolute Gasteiger partial charge is 0.350 e. The lowest BCUT2D eigenvalue weighted by Crippen LogP contribution is -2.29. The molecule has 1 amide bonds. The smallest absolute Gasteiger partial charge is 0.227 e. The third-order valence-electron chi connectivity index (χ3n) is 4.07. The first-order valence-corrected chi connectivity index (χ1v) is 8.32. The minimum absolute atomic E-state index is 0.00325. The number of aromatic nitrogens is 3. The number of pyridine rings is 1. The van der Waals surface area contributed by atoms with Gasteiger partial charge in [-0.05, 0) is 24.1 Å². The number of carbonyl (C=O) groups is 1. The van der Waals surface area contributed by atoms with Crippen molar-refractivity contribution >= 4 is 5.91 Å². The van der Waals surface area contributed by atoms with Crippen LogP contribution >= 0.6 is 0 Å². The Kier molecular flexibility index (Phi) is 5.46. The molecular formula is C20H20N4O. The molecule has 1 aromatic carbocycles. The van der Waals surface area contributed by atoms with Crippen molar-refractivity contribution in [1.29, 1.82) is 0 Å². The summed E-state index contributed by atoms with van der Waals surface area (Å²) in [7, 11) is 0. The minimum Gasteiger partial charge on any atom is -0.350 e. The number of hydrogen-bond acceptors (Lipinski definition) is 4. The molecule has 5 heteroatoms. The quantitative estimate of drug-likeness (QED) is 0.752. The molecule has 0 spiro atoms. The van der Waals surface area contributed by atoms with Crippen molar-refractivity contribution in [3.8, 4) is 11.3 Å². The summed E-state index contributed by atoms with van der Waals surface area (Å²) in [5, 5.41) is 3.00. The highest BCUT2D eigenvalue weighted by molar-refractivity contribution is 5.83. The van der Waals surface area contributed by atoms with Gasteiger partial charge in [-0.15, -0.1) is 0 Å². The Morgan fingerprint density at radius 2 is 1.84 bits per heavy atom. The summed E-state index contributed by atoms with van der Waals surface area (Å²) >= 11 is 0. The molecule has 0 aliphatic rings. The third-order valence-corrected chi connectivity index (χ3v) is 4.07. The molecule has 1 unspecified atom stereocenters.